The van der Waals surface area contributed by atoms with Crippen molar-refractivity contribution in [3.8, 4) is 0 Å². The number of nitrogens with one attached hydrogen (secondary N) is 2. The molecule has 0 spiro atoms. The van der Waals surface area contributed by atoms with E-state index in [4.69, 9.17) is 0 Å². The molecular weight excluding hydrogens is 328 g/mol. The first-order valence-corrected chi connectivity index (χ1v) is 8.28. The van der Waals surface area contributed by atoms with Gasteiger partial charge in [-0.25, -0.2) is 0 Å². The molecule has 0 bridgehead atoms. The van der Waals surface area contributed by atoms with E-state index in [1.165, 1.54) is 12.1 Å². The van der Waals surface area contributed by atoms with Gasteiger partial charge in [-0.3, -0.25) is 24.6 Å². The Bertz CT molecular complexity index is 902. The molecule has 3 N–H and O–H groups in total. The van der Waals surface area contributed by atoms with Gasteiger partial charge in [-0.15, -0.1) is 0 Å². The second kappa shape index (κ2) is 7.16. The molecule has 2 aromatic rings. The molecule has 3 rings (SSSR count). The SMILES string of the molecule is O=c1[nH]c2cc([N+](=O)[O-])cc(CN3CCCCC3CCO)c2[nH]c1=O. The Hall–Kier alpha value is -2.52. The zero-order chi connectivity index (χ0) is 18.0. The maximum atomic E-state index is 11.7. The van der Waals surface area contributed by atoms with Gasteiger partial charge in [0.2, 0.25) is 0 Å². The number of non-ortho nitro benzene ring substituents is 1. The van der Waals surface area contributed by atoms with Crippen molar-refractivity contribution in [2.24, 2.45) is 0 Å². The van der Waals surface area contributed by atoms with Crippen LogP contribution >= 0.6 is 0 Å². The number of likely N-dealkylation sites (tertiary alicyclic amines) is 1. The van der Waals surface area contributed by atoms with Crippen LogP contribution in [0.4, 0.5) is 5.69 Å². The largest absolute Gasteiger partial charge is 0.396 e. The molecule has 9 nitrogen and oxygen atoms in total. The molecule has 0 aliphatic carbocycles. The van der Waals surface area contributed by atoms with Crippen LogP contribution in [0.5, 0.6) is 0 Å². The predicted molar refractivity (Wildman–Crippen MR) is 91.6 cm³/mol. The minimum Gasteiger partial charge on any atom is -0.396 e. The number of aliphatic hydroxyl groups excluding tert-OH is 1. The highest BCUT2D eigenvalue weighted by Crippen LogP contribution is 2.26. The maximum Gasteiger partial charge on any atom is 0.314 e. The van der Waals surface area contributed by atoms with Gasteiger partial charge < -0.3 is 15.1 Å². The molecular formula is C16H20N4O5. The highest BCUT2D eigenvalue weighted by Gasteiger charge is 2.24. The molecule has 1 unspecified atom stereocenters. The predicted octanol–water partition coefficient (Wildman–Crippen LogP) is 0.861. The molecule has 9 heteroatoms. The molecule has 0 amide bonds. The van der Waals surface area contributed by atoms with Crippen LogP contribution in [0.1, 0.15) is 31.2 Å². The van der Waals surface area contributed by atoms with E-state index in [2.05, 4.69) is 14.9 Å². The van der Waals surface area contributed by atoms with Gasteiger partial charge in [0, 0.05) is 31.3 Å². The number of nitro benzene ring substituents is 1. The minimum absolute atomic E-state index is 0.0843. The smallest absolute Gasteiger partial charge is 0.314 e. The number of aliphatic hydroxyl groups is 1. The second-order valence-corrected chi connectivity index (χ2v) is 6.33. The number of aromatic nitrogens is 2. The fourth-order valence-corrected chi connectivity index (χ4v) is 3.47. The van der Waals surface area contributed by atoms with Crippen molar-refractivity contribution in [1.29, 1.82) is 0 Å². The molecule has 1 atom stereocenters. The Labute approximate surface area is 142 Å². The second-order valence-electron chi connectivity index (χ2n) is 6.33. The topological polar surface area (TPSA) is 132 Å². The Balaban J connectivity index is 2.06. The van der Waals surface area contributed by atoms with Gasteiger partial charge in [0.25, 0.3) is 5.69 Å². The van der Waals surface area contributed by atoms with Gasteiger partial charge >= 0.3 is 11.1 Å². The van der Waals surface area contributed by atoms with Crippen molar-refractivity contribution in [2.45, 2.75) is 38.3 Å². The third-order valence-electron chi connectivity index (χ3n) is 4.69. The first-order valence-electron chi connectivity index (χ1n) is 8.28. The average molecular weight is 348 g/mol. The highest BCUT2D eigenvalue weighted by molar-refractivity contribution is 5.80. The molecule has 1 saturated heterocycles. The van der Waals surface area contributed by atoms with Crippen LogP contribution in [-0.4, -0.2) is 44.1 Å². The van der Waals surface area contributed by atoms with Crippen LogP contribution in [0.25, 0.3) is 11.0 Å². The Morgan fingerprint density at radius 2 is 2.00 bits per heavy atom. The quantitative estimate of drug-likeness (QED) is 0.417. The van der Waals surface area contributed by atoms with Crippen LogP contribution in [-0.2, 0) is 6.54 Å². The van der Waals surface area contributed by atoms with E-state index in [1.807, 2.05) is 0 Å². The number of rotatable bonds is 5. The van der Waals surface area contributed by atoms with Crippen LogP contribution in [0.15, 0.2) is 21.7 Å². The van der Waals surface area contributed by atoms with Crippen molar-refractivity contribution in [3.05, 3.63) is 48.5 Å². The lowest BCUT2D eigenvalue weighted by Crippen LogP contribution is -2.39. The van der Waals surface area contributed by atoms with E-state index in [1.54, 1.807) is 0 Å². The first-order chi connectivity index (χ1) is 12.0. The van der Waals surface area contributed by atoms with Gasteiger partial charge in [0.1, 0.15) is 0 Å². The lowest BCUT2D eigenvalue weighted by Gasteiger charge is -2.35. The number of hydrogen-bond donors (Lipinski definition) is 3. The third kappa shape index (κ3) is 3.62. The van der Waals surface area contributed by atoms with Crippen molar-refractivity contribution in [3.63, 3.8) is 0 Å². The van der Waals surface area contributed by atoms with E-state index in [0.29, 0.717) is 24.0 Å². The van der Waals surface area contributed by atoms with E-state index < -0.39 is 16.0 Å². The zero-order valence-corrected chi connectivity index (χ0v) is 13.7. The van der Waals surface area contributed by atoms with E-state index in [9.17, 15) is 24.8 Å². The Kier molecular flexibility index (Phi) is 4.95. The van der Waals surface area contributed by atoms with Crippen LogP contribution in [0, 0.1) is 10.1 Å². The fraction of sp³-hybridized carbons (Fsp3) is 0.500. The normalized spacial score (nSPS) is 18.5. The molecule has 134 valence electrons. The van der Waals surface area contributed by atoms with Crippen LogP contribution in [0.3, 0.4) is 0 Å². The van der Waals surface area contributed by atoms with Crippen molar-refractivity contribution >= 4 is 16.7 Å². The van der Waals surface area contributed by atoms with Crippen molar-refractivity contribution in [1.82, 2.24) is 14.9 Å². The molecule has 1 aliphatic heterocycles. The Morgan fingerprint density at radius 3 is 2.72 bits per heavy atom. The third-order valence-corrected chi connectivity index (χ3v) is 4.69. The number of piperidine rings is 1. The van der Waals surface area contributed by atoms with E-state index >= 15 is 0 Å². The number of aromatic amines is 2. The van der Waals surface area contributed by atoms with Gasteiger partial charge in [0.05, 0.1) is 16.0 Å². The number of nitrogens with zero attached hydrogens (tertiary/aromatic N) is 2. The lowest BCUT2D eigenvalue weighted by atomic mass is 9.98. The summed E-state index contributed by atoms with van der Waals surface area (Å²) >= 11 is 0. The monoisotopic (exact) mass is 348 g/mol. The summed E-state index contributed by atoms with van der Waals surface area (Å²) in [6, 6.07) is 2.88. The fourth-order valence-electron chi connectivity index (χ4n) is 3.47. The molecule has 1 fully saturated rings. The first kappa shape index (κ1) is 17.3. The molecule has 0 radical (unpaired) electrons. The molecule has 0 saturated carbocycles. The summed E-state index contributed by atoms with van der Waals surface area (Å²) < 4.78 is 0. The average Bonchev–Trinajstić information content (AvgIpc) is 2.58. The molecule has 1 aromatic heterocycles. The summed E-state index contributed by atoms with van der Waals surface area (Å²) in [5, 5.41) is 20.5. The lowest BCUT2D eigenvalue weighted by molar-refractivity contribution is -0.384. The van der Waals surface area contributed by atoms with E-state index in [-0.39, 0.29) is 23.9 Å². The summed E-state index contributed by atoms with van der Waals surface area (Å²) in [5.74, 6) is 0. The van der Waals surface area contributed by atoms with Crippen molar-refractivity contribution < 1.29 is 10.0 Å². The summed E-state index contributed by atoms with van der Waals surface area (Å²) in [6.07, 6.45) is 3.70. The van der Waals surface area contributed by atoms with Gasteiger partial charge in [0.15, 0.2) is 0 Å². The van der Waals surface area contributed by atoms with Crippen LogP contribution < -0.4 is 11.1 Å². The maximum absolute atomic E-state index is 11.7. The van der Waals surface area contributed by atoms with Gasteiger partial charge in [-0.05, 0) is 31.4 Å². The minimum atomic E-state index is -0.838. The number of nitro groups is 1. The number of fused-ring (bicyclic) bond motifs is 1. The van der Waals surface area contributed by atoms with Gasteiger partial charge in [-0.2, -0.15) is 0 Å². The zero-order valence-electron chi connectivity index (χ0n) is 13.7. The van der Waals surface area contributed by atoms with E-state index in [0.717, 1.165) is 25.8 Å². The Morgan fingerprint density at radius 1 is 1.24 bits per heavy atom. The summed E-state index contributed by atoms with van der Waals surface area (Å²) in [5.41, 5.74) is -0.528. The molecule has 25 heavy (non-hydrogen) atoms. The van der Waals surface area contributed by atoms with Gasteiger partial charge in [-0.1, -0.05) is 6.42 Å². The number of hydrogen-bond acceptors (Lipinski definition) is 6. The summed E-state index contributed by atoms with van der Waals surface area (Å²) in [6.45, 7) is 1.31. The summed E-state index contributed by atoms with van der Waals surface area (Å²) in [4.78, 5) is 41.0. The van der Waals surface area contributed by atoms with Crippen LogP contribution in [0.2, 0.25) is 0 Å². The highest BCUT2D eigenvalue weighted by atomic mass is 16.6. The summed E-state index contributed by atoms with van der Waals surface area (Å²) in [7, 11) is 0. The number of benzene rings is 1. The standard InChI is InChI=1S/C16H20N4O5/c21-6-4-11-3-1-2-5-19(11)9-10-7-12(20(24)25)8-13-14(10)18-16(23)15(22)17-13/h7-8,11,21H,1-6,9H2,(H,17,22)(H,18,23). The molecule has 1 aromatic carbocycles. The van der Waals surface area contributed by atoms with Crippen molar-refractivity contribution in [2.75, 3.05) is 13.2 Å². The molecule has 1 aliphatic rings. The molecule has 2 heterocycles. The number of H-pyrrole nitrogens is 2.